The van der Waals surface area contributed by atoms with Crippen LogP contribution in [0.4, 0.5) is 10.1 Å². The predicted molar refractivity (Wildman–Crippen MR) is 83.6 cm³/mol. The second kappa shape index (κ2) is 6.57. The summed E-state index contributed by atoms with van der Waals surface area (Å²) in [6.45, 7) is 10.7. The molecule has 2 nitrogen and oxygen atoms in total. The van der Waals surface area contributed by atoms with E-state index in [1.54, 1.807) is 12.1 Å². The first-order chi connectivity index (χ1) is 9.49. The number of para-hydroxylation sites is 1. The largest absolute Gasteiger partial charge is 0.363 e. The summed E-state index contributed by atoms with van der Waals surface area (Å²) in [5.41, 5.74) is 0.751. The van der Waals surface area contributed by atoms with Gasteiger partial charge in [-0.3, -0.25) is 0 Å². The lowest BCUT2D eigenvalue weighted by atomic mass is 9.94. The topological polar surface area (TPSA) is 15.3 Å². The normalized spacial score (nSPS) is 23.6. The highest BCUT2D eigenvalue weighted by atomic mass is 19.1. The molecular formula is C17H27FN2. The number of rotatable bonds is 4. The highest BCUT2D eigenvalue weighted by molar-refractivity contribution is 5.49. The Morgan fingerprint density at radius 1 is 1.25 bits per heavy atom. The molecule has 0 spiro atoms. The molecule has 1 N–H and O–H groups in total. The lowest BCUT2D eigenvalue weighted by Crippen LogP contribution is -2.59. The smallest absolute Gasteiger partial charge is 0.146 e. The van der Waals surface area contributed by atoms with Crippen LogP contribution < -0.4 is 10.2 Å². The van der Waals surface area contributed by atoms with Crippen molar-refractivity contribution >= 4 is 5.69 Å². The average molecular weight is 278 g/mol. The zero-order chi connectivity index (χ0) is 14.7. The van der Waals surface area contributed by atoms with E-state index >= 15 is 0 Å². The van der Waals surface area contributed by atoms with Gasteiger partial charge < -0.3 is 10.2 Å². The molecule has 0 aliphatic carbocycles. The van der Waals surface area contributed by atoms with Crippen LogP contribution in [0.2, 0.25) is 0 Å². The van der Waals surface area contributed by atoms with Gasteiger partial charge in [0.25, 0.3) is 0 Å². The summed E-state index contributed by atoms with van der Waals surface area (Å²) in [5, 5.41) is 3.64. The Kier molecular flexibility index (Phi) is 5.03. The first-order valence-electron chi connectivity index (χ1n) is 7.73. The fraction of sp³-hybridized carbons (Fsp3) is 0.647. The number of anilines is 1. The molecular weight excluding hydrogens is 251 g/mol. The van der Waals surface area contributed by atoms with Crippen molar-refractivity contribution in [3.8, 4) is 0 Å². The average Bonchev–Trinajstić information content (AvgIpc) is 2.38. The molecule has 2 rings (SSSR count). The predicted octanol–water partition coefficient (Wildman–Crippen LogP) is 3.67. The van der Waals surface area contributed by atoms with Crippen molar-refractivity contribution in [1.82, 2.24) is 5.32 Å². The summed E-state index contributed by atoms with van der Waals surface area (Å²) in [6, 6.07) is 7.96. The summed E-state index contributed by atoms with van der Waals surface area (Å²) in [5.74, 6) is 1.05. The molecule has 2 unspecified atom stereocenters. The van der Waals surface area contributed by atoms with Gasteiger partial charge in [0.1, 0.15) is 5.82 Å². The molecule has 2 atom stereocenters. The second-order valence-electron chi connectivity index (χ2n) is 6.65. The van der Waals surface area contributed by atoms with E-state index in [2.05, 4.69) is 37.9 Å². The Balaban J connectivity index is 2.21. The summed E-state index contributed by atoms with van der Waals surface area (Å²) in [6.07, 6.45) is 1.13. The van der Waals surface area contributed by atoms with Crippen LogP contribution in [0.25, 0.3) is 0 Å². The maximum Gasteiger partial charge on any atom is 0.146 e. The fourth-order valence-corrected chi connectivity index (χ4v) is 3.12. The van der Waals surface area contributed by atoms with Crippen LogP contribution >= 0.6 is 0 Å². The van der Waals surface area contributed by atoms with Crippen LogP contribution in [0.3, 0.4) is 0 Å². The molecule has 1 saturated heterocycles. The van der Waals surface area contributed by atoms with Gasteiger partial charge in [-0.25, -0.2) is 4.39 Å². The van der Waals surface area contributed by atoms with Crippen molar-refractivity contribution in [2.45, 2.75) is 46.2 Å². The van der Waals surface area contributed by atoms with Crippen molar-refractivity contribution in [1.29, 1.82) is 0 Å². The van der Waals surface area contributed by atoms with Crippen molar-refractivity contribution < 1.29 is 4.39 Å². The van der Waals surface area contributed by atoms with E-state index in [-0.39, 0.29) is 5.82 Å². The third kappa shape index (κ3) is 3.51. The van der Waals surface area contributed by atoms with Crippen molar-refractivity contribution in [3.63, 3.8) is 0 Å². The molecule has 0 radical (unpaired) electrons. The maximum atomic E-state index is 14.1. The summed E-state index contributed by atoms with van der Waals surface area (Å²) in [4.78, 5) is 2.27. The molecule has 20 heavy (non-hydrogen) atoms. The van der Waals surface area contributed by atoms with Crippen molar-refractivity contribution in [2.24, 2.45) is 11.8 Å². The molecule has 0 amide bonds. The van der Waals surface area contributed by atoms with Gasteiger partial charge in [-0.05, 0) is 30.4 Å². The Bertz CT molecular complexity index is 431. The minimum atomic E-state index is -0.108. The van der Waals surface area contributed by atoms with Crippen LogP contribution in [0.15, 0.2) is 24.3 Å². The molecule has 1 aromatic rings. The van der Waals surface area contributed by atoms with Gasteiger partial charge in [0.2, 0.25) is 0 Å². The Morgan fingerprint density at radius 3 is 2.55 bits per heavy atom. The van der Waals surface area contributed by atoms with Gasteiger partial charge >= 0.3 is 0 Å². The Labute approximate surface area is 122 Å². The van der Waals surface area contributed by atoms with E-state index in [0.29, 0.717) is 23.9 Å². The fourth-order valence-electron chi connectivity index (χ4n) is 3.12. The Hall–Kier alpha value is -1.09. The maximum absolute atomic E-state index is 14.1. The number of hydrogen-bond donors (Lipinski definition) is 1. The number of piperazine rings is 1. The number of hydrogen-bond acceptors (Lipinski definition) is 2. The monoisotopic (exact) mass is 278 g/mol. The molecule has 112 valence electrons. The molecule has 1 heterocycles. The van der Waals surface area contributed by atoms with Crippen LogP contribution in [0.5, 0.6) is 0 Å². The summed E-state index contributed by atoms with van der Waals surface area (Å²) < 4.78 is 14.1. The van der Waals surface area contributed by atoms with Gasteiger partial charge in [-0.2, -0.15) is 0 Å². The molecule has 1 aromatic carbocycles. The van der Waals surface area contributed by atoms with E-state index in [0.717, 1.165) is 25.2 Å². The number of nitrogens with one attached hydrogen (secondary N) is 1. The first kappa shape index (κ1) is 15.3. The summed E-state index contributed by atoms with van der Waals surface area (Å²) in [7, 11) is 0. The van der Waals surface area contributed by atoms with E-state index in [9.17, 15) is 4.39 Å². The molecule has 3 heteroatoms. The zero-order valence-electron chi connectivity index (χ0n) is 13.1. The quantitative estimate of drug-likeness (QED) is 0.904. The minimum absolute atomic E-state index is 0.108. The van der Waals surface area contributed by atoms with Crippen LogP contribution in [0.1, 0.15) is 34.1 Å². The number of nitrogens with zero attached hydrogens (tertiary/aromatic N) is 1. The highest BCUT2D eigenvalue weighted by Crippen LogP contribution is 2.27. The molecule has 0 bridgehead atoms. The molecule has 0 saturated carbocycles. The standard InChI is InChI=1S/C17H27FN2/c1-12(2)9-14-11-20(17(10-19-14)13(3)4)16-8-6-5-7-15(16)18/h5-8,12-14,17,19H,9-11H2,1-4H3. The van der Waals surface area contributed by atoms with E-state index in [1.165, 1.54) is 0 Å². The van der Waals surface area contributed by atoms with Gasteiger partial charge in [0.05, 0.1) is 5.69 Å². The van der Waals surface area contributed by atoms with Crippen LogP contribution in [-0.2, 0) is 0 Å². The molecule has 0 aromatic heterocycles. The lowest BCUT2D eigenvalue weighted by molar-refractivity contribution is 0.308. The Morgan fingerprint density at radius 2 is 1.95 bits per heavy atom. The molecule has 1 fully saturated rings. The lowest BCUT2D eigenvalue weighted by Gasteiger charge is -2.44. The highest BCUT2D eigenvalue weighted by Gasteiger charge is 2.31. The van der Waals surface area contributed by atoms with E-state index in [4.69, 9.17) is 0 Å². The van der Waals surface area contributed by atoms with Crippen LogP contribution in [0, 0.1) is 17.7 Å². The van der Waals surface area contributed by atoms with E-state index in [1.807, 2.05) is 12.1 Å². The van der Waals surface area contributed by atoms with Crippen molar-refractivity contribution in [2.75, 3.05) is 18.0 Å². The van der Waals surface area contributed by atoms with E-state index < -0.39 is 0 Å². The molecule has 1 aliphatic rings. The second-order valence-corrected chi connectivity index (χ2v) is 6.65. The third-order valence-corrected chi connectivity index (χ3v) is 4.12. The van der Waals surface area contributed by atoms with Gasteiger partial charge in [-0.15, -0.1) is 0 Å². The SMILES string of the molecule is CC(C)CC1CN(c2ccccc2F)C(C(C)C)CN1. The van der Waals surface area contributed by atoms with Crippen molar-refractivity contribution in [3.05, 3.63) is 30.1 Å². The first-order valence-corrected chi connectivity index (χ1v) is 7.73. The number of benzene rings is 1. The molecule has 1 aliphatic heterocycles. The van der Waals surface area contributed by atoms with Gasteiger partial charge in [0.15, 0.2) is 0 Å². The summed E-state index contributed by atoms with van der Waals surface area (Å²) >= 11 is 0. The van der Waals surface area contributed by atoms with Gasteiger partial charge in [-0.1, -0.05) is 39.8 Å². The van der Waals surface area contributed by atoms with Gasteiger partial charge in [0, 0.05) is 25.2 Å². The number of halogens is 1. The van der Waals surface area contributed by atoms with Crippen LogP contribution in [-0.4, -0.2) is 25.2 Å². The minimum Gasteiger partial charge on any atom is -0.363 e. The zero-order valence-corrected chi connectivity index (χ0v) is 13.1. The third-order valence-electron chi connectivity index (χ3n) is 4.12.